The Hall–Kier alpha value is -3.48. The van der Waals surface area contributed by atoms with Crippen LogP contribution in [0.15, 0.2) is 58.8 Å². The van der Waals surface area contributed by atoms with E-state index in [9.17, 15) is 0 Å². The first-order chi connectivity index (χ1) is 11.0. The van der Waals surface area contributed by atoms with Crippen molar-refractivity contribution in [2.45, 2.75) is 0 Å². The molecule has 0 unspecified atom stereocenters. The zero-order valence-corrected chi connectivity index (χ0v) is 12.2. The second kappa shape index (κ2) is 5.72. The highest BCUT2D eigenvalue weighted by molar-refractivity contribution is 5.99. The van der Waals surface area contributed by atoms with Crippen LogP contribution in [0.25, 0.3) is 10.8 Å². The van der Waals surface area contributed by atoms with Crippen molar-refractivity contribution in [1.82, 2.24) is 4.98 Å². The van der Waals surface area contributed by atoms with E-state index in [0.717, 1.165) is 10.8 Å². The average Bonchev–Trinajstić information content (AvgIpc) is 2.53. The summed E-state index contributed by atoms with van der Waals surface area (Å²) in [4.78, 5) is 4.04. The second-order valence-electron chi connectivity index (χ2n) is 4.97. The third kappa shape index (κ3) is 2.93. The van der Waals surface area contributed by atoms with Gasteiger partial charge >= 0.3 is 0 Å². The highest BCUT2D eigenvalue weighted by Crippen LogP contribution is 2.31. The van der Waals surface area contributed by atoms with E-state index in [0.29, 0.717) is 28.6 Å². The number of benzene rings is 2. The van der Waals surface area contributed by atoms with E-state index >= 15 is 0 Å². The number of hydrogen-bond donors (Lipinski definition) is 4. The van der Waals surface area contributed by atoms with Gasteiger partial charge in [0.2, 0.25) is 0 Å². The Kier molecular flexibility index (Phi) is 3.60. The van der Waals surface area contributed by atoms with E-state index in [1.165, 1.54) is 0 Å². The van der Waals surface area contributed by atoms with Crippen molar-refractivity contribution in [1.29, 1.82) is 5.41 Å². The van der Waals surface area contributed by atoms with Crippen molar-refractivity contribution in [2.24, 2.45) is 16.0 Å². The number of nitrogens with one attached hydrogen (secondary N) is 1. The number of aromatic nitrogens is 1. The molecule has 0 spiro atoms. The second-order valence-corrected chi connectivity index (χ2v) is 4.97. The molecular formula is C16H15N7. The smallest absolute Gasteiger partial charge is 0.133 e. The normalized spacial score (nSPS) is 11.1. The first kappa shape index (κ1) is 14.5. The minimum atomic E-state index is 0.0148. The number of nitrogen functional groups attached to an aromatic ring is 3. The lowest BCUT2D eigenvalue weighted by Crippen LogP contribution is -2.10. The molecule has 1 aromatic heterocycles. The summed E-state index contributed by atoms with van der Waals surface area (Å²) < 4.78 is 0. The molecule has 7 nitrogen and oxygen atoms in total. The highest BCUT2D eigenvalue weighted by Gasteiger charge is 2.05. The molecule has 0 fully saturated rings. The van der Waals surface area contributed by atoms with Crippen LogP contribution in [0.1, 0.15) is 5.56 Å². The fourth-order valence-electron chi connectivity index (χ4n) is 2.21. The summed E-state index contributed by atoms with van der Waals surface area (Å²) in [7, 11) is 0. The van der Waals surface area contributed by atoms with Crippen LogP contribution in [0.5, 0.6) is 0 Å². The Morgan fingerprint density at radius 3 is 2.39 bits per heavy atom. The molecule has 0 aliphatic rings. The molecule has 7 heteroatoms. The molecule has 1 heterocycles. The third-order valence-electron chi connectivity index (χ3n) is 3.35. The summed E-state index contributed by atoms with van der Waals surface area (Å²) in [6.07, 6.45) is 0. The average molecular weight is 305 g/mol. The molecular weight excluding hydrogens is 290 g/mol. The maximum atomic E-state index is 7.37. The van der Waals surface area contributed by atoms with Gasteiger partial charge in [0.15, 0.2) is 0 Å². The van der Waals surface area contributed by atoms with E-state index in [2.05, 4.69) is 15.2 Å². The van der Waals surface area contributed by atoms with Crippen LogP contribution < -0.4 is 17.2 Å². The van der Waals surface area contributed by atoms with Crippen molar-refractivity contribution >= 4 is 39.6 Å². The Morgan fingerprint density at radius 1 is 0.957 bits per heavy atom. The van der Waals surface area contributed by atoms with Crippen LogP contribution in [0.3, 0.4) is 0 Å². The van der Waals surface area contributed by atoms with E-state index in [4.69, 9.17) is 22.6 Å². The number of hydrogen-bond acceptors (Lipinski definition) is 6. The summed E-state index contributed by atoms with van der Waals surface area (Å²) in [6, 6.07) is 14.2. The Bertz CT molecular complexity index is 914. The van der Waals surface area contributed by atoms with Crippen molar-refractivity contribution < 1.29 is 0 Å². The maximum absolute atomic E-state index is 7.37. The van der Waals surface area contributed by atoms with Gasteiger partial charge in [-0.15, -0.1) is 5.11 Å². The van der Waals surface area contributed by atoms with Crippen LogP contribution in [-0.2, 0) is 0 Å². The number of nitrogens with zero attached hydrogens (tertiary/aromatic N) is 3. The van der Waals surface area contributed by atoms with Gasteiger partial charge in [0, 0.05) is 16.3 Å². The predicted octanol–water partition coefficient (Wildman–Crippen LogP) is 3.10. The van der Waals surface area contributed by atoms with Gasteiger partial charge in [-0.3, -0.25) is 5.41 Å². The quantitative estimate of drug-likeness (QED) is 0.335. The Morgan fingerprint density at radius 2 is 1.70 bits per heavy atom. The summed E-state index contributed by atoms with van der Waals surface area (Å²) in [6.45, 7) is 0. The van der Waals surface area contributed by atoms with Gasteiger partial charge in [-0.25, -0.2) is 4.98 Å². The van der Waals surface area contributed by atoms with Gasteiger partial charge in [-0.2, -0.15) is 5.11 Å². The van der Waals surface area contributed by atoms with Crippen LogP contribution in [0, 0.1) is 5.41 Å². The molecule has 0 aliphatic heterocycles. The minimum Gasteiger partial charge on any atom is -0.384 e. The first-order valence-corrected chi connectivity index (χ1v) is 6.85. The largest absolute Gasteiger partial charge is 0.384 e. The van der Waals surface area contributed by atoms with Crippen LogP contribution in [0.2, 0.25) is 0 Å². The standard InChI is InChI=1S/C16H15N7/c17-14-8-12-11(16(20)21-14)2-1-3-13(12)23-22-10-6-4-9(5-7-10)15(18)19/h1-8H,(H3,18,19)(H4,17,20,21). The Labute approximate surface area is 132 Å². The molecule has 3 rings (SSSR count). The van der Waals surface area contributed by atoms with Crippen LogP contribution >= 0.6 is 0 Å². The third-order valence-corrected chi connectivity index (χ3v) is 3.35. The van der Waals surface area contributed by atoms with Gasteiger partial charge in [0.05, 0.1) is 11.4 Å². The molecule has 0 saturated carbocycles. The number of fused-ring (bicyclic) bond motifs is 1. The number of amidine groups is 1. The molecule has 0 radical (unpaired) electrons. The molecule has 2 aromatic carbocycles. The molecule has 0 amide bonds. The van der Waals surface area contributed by atoms with Crippen molar-refractivity contribution in [2.75, 3.05) is 11.5 Å². The monoisotopic (exact) mass is 305 g/mol. The van der Waals surface area contributed by atoms with Gasteiger partial charge in [-0.05, 0) is 36.4 Å². The van der Waals surface area contributed by atoms with E-state index in [-0.39, 0.29) is 5.84 Å². The zero-order valence-electron chi connectivity index (χ0n) is 12.2. The van der Waals surface area contributed by atoms with E-state index < -0.39 is 0 Å². The van der Waals surface area contributed by atoms with E-state index in [1.807, 2.05) is 18.2 Å². The van der Waals surface area contributed by atoms with Gasteiger partial charge in [0.25, 0.3) is 0 Å². The summed E-state index contributed by atoms with van der Waals surface area (Å²) in [5.74, 6) is 0.715. The predicted molar refractivity (Wildman–Crippen MR) is 92.2 cm³/mol. The van der Waals surface area contributed by atoms with Crippen LogP contribution in [-0.4, -0.2) is 10.8 Å². The van der Waals surface area contributed by atoms with Crippen molar-refractivity contribution in [3.8, 4) is 0 Å². The van der Waals surface area contributed by atoms with Gasteiger partial charge < -0.3 is 17.2 Å². The van der Waals surface area contributed by atoms with Gasteiger partial charge in [0.1, 0.15) is 17.5 Å². The molecule has 7 N–H and O–H groups in total. The fraction of sp³-hybridized carbons (Fsp3) is 0. The summed E-state index contributed by atoms with van der Waals surface area (Å²) in [5.41, 5.74) is 19.0. The maximum Gasteiger partial charge on any atom is 0.133 e. The lowest BCUT2D eigenvalue weighted by molar-refractivity contribution is 1.24. The molecule has 114 valence electrons. The lowest BCUT2D eigenvalue weighted by Gasteiger charge is -2.05. The molecule has 0 atom stereocenters. The molecule has 0 saturated heterocycles. The fourth-order valence-corrected chi connectivity index (χ4v) is 2.21. The summed E-state index contributed by atoms with van der Waals surface area (Å²) in [5, 5.41) is 17.4. The Balaban J connectivity index is 1.99. The molecule has 0 aliphatic carbocycles. The van der Waals surface area contributed by atoms with Crippen molar-refractivity contribution in [3.63, 3.8) is 0 Å². The molecule has 0 bridgehead atoms. The van der Waals surface area contributed by atoms with Gasteiger partial charge in [-0.1, -0.05) is 12.1 Å². The lowest BCUT2D eigenvalue weighted by atomic mass is 10.1. The number of azo groups is 1. The number of rotatable bonds is 3. The molecule has 3 aromatic rings. The van der Waals surface area contributed by atoms with E-state index in [1.54, 1.807) is 30.3 Å². The number of anilines is 2. The topological polar surface area (TPSA) is 140 Å². The molecule has 23 heavy (non-hydrogen) atoms. The van der Waals surface area contributed by atoms with Crippen LogP contribution in [0.4, 0.5) is 23.0 Å². The minimum absolute atomic E-state index is 0.0148. The highest BCUT2D eigenvalue weighted by atomic mass is 15.1. The SMILES string of the molecule is N=C(N)c1ccc(N=Nc2cccc3c(N)nc(N)cc23)cc1. The summed E-state index contributed by atoms with van der Waals surface area (Å²) >= 11 is 0. The zero-order chi connectivity index (χ0) is 16.4. The first-order valence-electron chi connectivity index (χ1n) is 6.85. The number of nitrogens with two attached hydrogens (primary N) is 3. The van der Waals surface area contributed by atoms with Crippen molar-refractivity contribution in [3.05, 3.63) is 54.1 Å². The number of pyridine rings is 1.